The van der Waals surface area contributed by atoms with Gasteiger partial charge in [0.15, 0.2) is 0 Å². The number of benzene rings is 1. The fourth-order valence-corrected chi connectivity index (χ4v) is 3.34. The highest BCUT2D eigenvalue weighted by atomic mass is 32.2. The van der Waals surface area contributed by atoms with E-state index in [9.17, 15) is 8.42 Å². The second-order valence-electron chi connectivity index (χ2n) is 4.62. The van der Waals surface area contributed by atoms with Gasteiger partial charge in [0, 0.05) is 31.9 Å². The molecule has 1 aliphatic rings. The SMILES string of the molecule is O=S(=O)(Nc1ccc(-n2nccn2)cc1)N1CCNCC1. The summed E-state index contributed by atoms with van der Waals surface area (Å²) in [5, 5.41) is 11.2. The number of aromatic nitrogens is 3. The first-order valence-electron chi connectivity index (χ1n) is 6.60. The summed E-state index contributed by atoms with van der Waals surface area (Å²) in [6.07, 6.45) is 3.17. The number of nitrogens with zero attached hydrogens (tertiary/aromatic N) is 4. The first kappa shape index (κ1) is 14.0. The molecule has 0 atom stereocenters. The third-order valence-electron chi connectivity index (χ3n) is 3.18. The lowest BCUT2D eigenvalue weighted by molar-refractivity contribution is 0.362. The van der Waals surface area contributed by atoms with Gasteiger partial charge in [0.25, 0.3) is 0 Å². The van der Waals surface area contributed by atoms with Crippen LogP contribution in [0.5, 0.6) is 0 Å². The van der Waals surface area contributed by atoms with Crippen molar-refractivity contribution in [3.05, 3.63) is 36.7 Å². The Kier molecular flexibility index (Phi) is 3.86. The maximum atomic E-state index is 12.2. The van der Waals surface area contributed by atoms with Crippen LogP contribution in [0.1, 0.15) is 0 Å². The molecule has 0 saturated carbocycles. The molecule has 0 aliphatic carbocycles. The van der Waals surface area contributed by atoms with E-state index in [1.54, 1.807) is 36.7 Å². The molecule has 1 aromatic carbocycles. The molecule has 1 aromatic heterocycles. The molecule has 9 heteroatoms. The van der Waals surface area contributed by atoms with E-state index in [1.165, 1.54) is 9.10 Å². The quantitative estimate of drug-likeness (QED) is 0.818. The van der Waals surface area contributed by atoms with Crippen LogP contribution in [0.3, 0.4) is 0 Å². The number of piperazine rings is 1. The van der Waals surface area contributed by atoms with Crippen LogP contribution in [0.25, 0.3) is 5.69 Å². The lowest BCUT2D eigenvalue weighted by atomic mass is 10.3. The van der Waals surface area contributed by atoms with E-state index in [1.807, 2.05) is 0 Å². The minimum atomic E-state index is -3.50. The van der Waals surface area contributed by atoms with Crippen molar-refractivity contribution in [3.8, 4) is 5.69 Å². The van der Waals surface area contributed by atoms with E-state index in [0.29, 0.717) is 31.9 Å². The van der Waals surface area contributed by atoms with Crippen molar-refractivity contribution in [2.24, 2.45) is 0 Å². The third-order valence-corrected chi connectivity index (χ3v) is 4.72. The zero-order valence-electron chi connectivity index (χ0n) is 11.3. The summed E-state index contributed by atoms with van der Waals surface area (Å²) in [7, 11) is -3.50. The predicted octanol–water partition coefficient (Wildman–Crippen LogP) is -0.171. The molecule has 8 nitrogen and oxygen atoms in total. The third kappa shape index (κ3) is 3.20. The molecule has 0 bridgehead atoms. The normalized spacial score (nSPS) is 16.8. The van der Waals surface area contributed by atoms with Crippen molar-refractivity contribution in [2.45, 2.75) is 0 Å². The summed E-state index contributed by atoms with van der Waals surface area (Å²) in [6, 6.07) is 6.90. The van der Waals surface area contributed by atoms with Gasteiger partial charge in [-0.1, -0.05) is 0 Å². The summed E-state index contributed by atoms with van der Waals surface area (Å²) in [6.45, 7) is 2.30. The average Bonchev–Trinajstić information content (AvgIpc) is 3.03. The Balaban J connectivity index is 1.72. The van der Waals surface area contributed by atoms with Crippen LogP contribution in [-0.4, -0.2) is 53.9 Å². The zero-order valence-corrected chi connectivity index (χ0v) is 12.1. The number of nitrogens with one attached hydrogen (secondary N) is 2. The molecule has 0 amide bonds. The van der Waals surface area contributed by atoms with Crippen molar-refractivity contribution < 1.29 is 8.42 Å². The molecule has 2 heterocycles. The van der Waals surface area contributed by atoms with Gasteiger partial charge in [0.2, 0.25) is 0 Å². The number of hydrogen-bond donors (Lipinski definition) is 2. The molecule has 0 spiro atoms. The average molecular weight is 308 g/mol. The molecular weight excluding hydrogens is 292 g/mol. The Morgan fingerprint density at radius 3 is 2.29 bits per heavy atom. The van der Waals surface area contributed by atoms with Gasteiger partial charge < -0.3 is 5.32 Å². The molecule has 0 unspecified atom stereocenters. The summed E-state index contributed by atoms with van der Waals surface area (Å²) in [5.41, 5.74) is 1.29. The standard InChI is InChI=1S/C12H16N6O2S/c19-21(20,17-9-7-13-8-10-17)16-11-1-3-12(4-2-11)18-14-5-6-15-18/h1-6,13,16H,7-10H2. The van der Waals surface area contributed by atoms with E-state index in [0.717, 1.165) is 5.69 Å². The second kappa shape index (κ2) is 5.80. The van der Waals surface area contributed by atoms with Crippen LogP contribution >= 0.6 is 0 Å². The summed E-state index contributed by atoms with van der Waals surface area (Å²) < 4.78 is 28.5. The Morgan fingerprint density at radius 1 is 1.05 bits per heavy atom. The van der Waals surface area contributed by atoms with Crippen LogP contribution in [0, 0.1) is 0 Å². The molecule has 0 radical (unpaired) electrons. The van der Waals surface area contributed by atoms with Crippen LogP contribution in [0.15, 0.2) is 36.7 Å². The molecule has 1 fully saturated rings. The largest absolute Gasteiger partial charge is 0.314 e. The van der Waals surface area contributed by atoms with Gasteiger partial charge in [-0.15, -0.1) is 0 Å². The summed E-state index contributed by atoms with van der Waals surface area (Å²) in [5.74, 6) is 0. The van der Waals surface area contributed by atoms with Gasteiger partial charge in [-0.2, -0.15) is 27.7 Å². The molecule has 112 valence electrons. The van der Waals surface area contributed by atoms with E-state index >= 15 is 0 Å². The van der Waals surface area contributed by atoms with Gasteiger partial charge in [0.1, 0.15) is 0 Å². The summed E-state index contributed by atoms with van der Waals surface area (Å²) >= 11 is 0. The first-order valence-corrected chi connectivity index (χ1v) is 8.04. The van der Waals surface area contributed by atoms with E-state index in [2.05, 4.69) is 20.2 Å². The van der Waals surface area contributed by atoms with Gasteiger partial charge in [-0.25, -0.2) is 0 Å². The van der Waals surface area contributed by atoms with Gasteiger partial charge in [-0.05, 0) is 24.3 Å². The maximum Gasteiger partial charge on any atom is 0.301 e. The lowest BCUT2D eigenvalue weighted by Crippen LogP contribution is -2.48. The van der Waals surface area contributed by atoms with E-state index < -0.39 is 10.2 Å². The van der Waals surface area contributed by atoms with Crippen LogP contribution in [0.2, 0.25) is 0 Å². The molecule has 3 rings (SSSR count). The minimum absolute atomic E-state index is 0.477. The smallest absolute Gasteiger partial charge is 0.301 e. The van der Waals surface area contributed by atoms with Gasteiger partial charge in [-0.3, -0.25) is 4.72 Å². The number of hydrogen-bond acceptors (Lipinski definition) is 5. The van der Waals surface area contributed by atoms with Gasteiger partial charge in [0.05, 0.1) is 18.1 Å². The molecule has 21 heavy (non-hydrogen) atoms. The Morgan fingerprint density at radius 2 is 1.67 bits per heavy atom. The molecular formula is C12H16N6O2S. The fraction of sp³-hybridized carbons (Fsp3) is 0.333. The lowest BCUT2D eigenvalue weighted by Gasteiger charge is -2.26. The van der Waals surface area contributed by atoms with E-state index in [-0.39, 0.29) is 0 Å². The monoisotopic (exact) mass is 308 g/mol. The number of rotatable bonds is 4. The van der Waals surface area contributed by atoms with Crippen LogP contribution in [0.4, 0.5) is 5.69 Å². The zero-order chi connectivity index (χ0) is 14.7. The first-order chi connectivity index (χ1) is 10.1. The topological polar surface area (TPSA) is 92.1 Å². The highest BCUT2D eigenvalue weighted by Gasteiger charge is 2.23. The highest BCUT2D eigenvalue weighted by molar-refractivity contribution is 7.90. The minimum Gasteiger partial charge on any atom is -0.314 e. The molecule has 1 saturated heterocycles. The molecule has 2 N–H and O–H groups in total. The van der Waals surface area contributed by atoms with Crippen molar-refractivity contribution in [2.75, 3.05) is 30.9 Å². The Bertz CT molecular complexity index is 677. The molecule has 2 aromatic rings. The predicted molar refractivity (Wildman–Crippen MR) is 78.3 cm³/mol. The van der Waals surface area contributed by atoms with Crippen molar-refractivity contribution in [1.82, 2.24) is 24.6 Å². The highest BCUT2D eigenvalue weighted by Crippen LogP contribution is 2.15. The number of anilines is 1. The Labute approximate surface area is 122 Å². The molecule has 1 aliphatic heterocycles. The van der Waals surface area contributed by atoms with Crippen molar-refractivity contribution >= 4 is 15.9 Å². The fourth-order valence-electron chi connectivity index (χ4n) is 2.11. The Hall–Kier alpha value is -1.97. The van der Waals surface area contributed by atoms with Crippen LogP contribution < -0.4 is 10.0 Å². The summed E-state index contributed by atoms with van der Waals surface area (Å²) in [4.78, 5) is 1.47. The van der Waals surface area contributed by atoms with E-state index in [4.69, 9.17) is 0 Å². The van der Waals surface area contributed by atoms with Gasteiger partial charge >= 0.3 is 10.2 Å². The maximum absolute atomic E-state index is 12.2. The van der Waals surface area contributed by atoms with Crippen molar-refractivity contribution in [1.29, 1.82) is 0 Å². The van der Waals surface area contributed by atoms with Crippen molar-refractivity contribution in [3.63, 3.8) is 0 Å². The van der Waals surface area contributed by atoms with Crippen LogP contribution in [-0.2, 0) is 10.2 Å². The second-order valence-corrected chi connectivity index (χ2v) is 6.29.